The first kappa shape index (κ1) is 16.1. The van der Waals surface area contributed by atoms with E-state index in [1.165, 1.54) is 12.1 Å². The lowest BCUT2D eigenvalue weighted by atomic mass is 10.0. The first-order valence-corrected chi connectivity index (χ1v) is 7.42. The topological polar surface area (TPSA) is 75.9 Å². The maximum absolute atomic E-state index is 11.7. The van der Waals surface area contributed by atoms with Gasteiger partial charge in [0.05, 0.1) is 11.5 Å². The molecule has 1 saturated heterocycles. The summed E-state index contributed by atoms with van der Waals surface area (Å²) in [5, 5.41) is 10.7. The van der Waals surface area contributed by atoms with Crippen molar-refractivity contribution in [3.8, 4) is 0 Å². The lowest BCUT2D eigenvalue weighted by Gasteiger charge is -2.37. The third-order valence-electron chi connectivity index (χ3n) is 3.99. The number of hydrogen-bond acceptors (Lipinski definition) is 5. The molecule has 0 N–H and O–H groups in total. The fourth-order valence-electron chi connectivity index (χ4n) is 2.67. The van der Waals surface area contributed by atoms with Crippen LogP contribution in [0.4, 0.5) is 16.2 Å². The molecule has 120 valence electrons. The van der Waals surface area contributed by atoms with Crippen LogP contribution in [0, 0.1) is 10.1 Å². The Morgan fingerprint density at radius 3 is 2.45 bits per heavy atom. The van der Waals surface area contributed by atoms with Crippen molar-refractivity contribution in [3.63, 3.8) is 0 Å². The van der Waals surface area contributed by atoms with Gasteiger partial charge in [0.1, 0.15) is 0 Å². The Hall–Kier alpha value is -2.31. The SMILES string of the molecule is CCOC(=O)N(C)C1CCN(c2ccc([N+](=O)[O-])cc2)CC1. The van der Waals surface area contributed by atoms with Crippen LogP contribution in [0.3, 0.4) is 0 Å². The van der Waals surface area contributed by atoms with Crippen molar-refractivity contribution in [1.82, 2.24) is 4.90 Å². The van der Waals surface area contributed by atoms with Crippen LogP contribution in [0.25, 0.3) is 0 Å². The fourth-order valence-corrected chi connectivity index (χ4v) is 2.67. The number of benzene rings is 1. The van der Waals surface area contributed by atoms with Gasteiger partial charge < -0.3 is 14.5 Å². The average molecular weight is 307 g/mol. The van der Waals surface area contributed by atoms with E-state index in [4.69, 9.17) is 4.74 Å². The number of nitro groups is 1. The van der Waals surface area contributed by atoms with Crippen LogP contribution in [0.2, 0.25) is 0 Å². The summed E-state index contributed by atoms with van der Waals surface area (Å²) in [5.41, 5.74) is 1.07. The van der Waals surface area contributed by atoms with E-state index in [2.05, 4.69) is 4.90 Å². The molecule has 0 radical (unpaired) electrons. The Morgan fingerprint density at radius 1 is 1.36 bits per heavy atom. The van der Waals surface area contributed by atoms with Gasteiger partial charge >= 0.3 is 6.09 Å². The van der Waals surface area contributed by atoms with Gasteiger partial charge in [-0.3, -0.25) is 10.1 Å². The molecule has 1 amide bonds. The van der Waals surface area contributed by atoms with E-state index in [0.29, 0.717) is 6.61 Å². The average Bonchev–Trinajstić information content (AvgIpc) is 2.54. The van der Waals surface area contributed by atoms with E-state index in [0.717, 1.165) is 31.6 Å². The molecule has 0 saturated carbocycles. The van der Waals surface area contributed by atoms with Crippen LogP contribution in [-0.2, 0) is 4.74 Å². The van der Waals surface area contributed by atoms with Crippen molar-refractivity contribution >= 4 is 17.5 Å². The number of hydrogen-bond donors (Lipinski definition) is 0. The van der Waals surface area contributed by atoms with E-state index in [1.807, 2.05) is 0 Å². The third-order valence-corrected chi connectivity index (χ3v) is 3.99. The Balaban J connectivity index is 1.91. The number of anilines is 1. The van der Waals surface area contributed by atoms with E-state index < -0.39 is 4.92 Å². The van der Waals surface area contributed by atoms with E-state index in [9.17, 15) is 14.9 Å². The van der Waals surface area contributed by atoms with Crippen LogP contribution in [0.1, 0.15) is 19.8 Å². The zero-order valence-corrected chi connectivity index (χ0v) is 12.9. The molecule has 1 heterocycles. The second kappa shape index (κ2) is 7.11. The van der Waals surface area contributed by atoms with Gasteiger partial charge in [-0.05, 0) is 31.9 Å². The van der Waals surface area contributed by atoms with E-state index in [-0.39, 0.29) is 17.8 Å². The summed E-state index contributed by atoms with van der Waals surface area (Å²) in [4.78, 5) is 25.8. The monoisotopic (exact) mass is 307 g/mol. The van der Waals surface area contributed by atoms with Crippen LogP contribution >= 0.6 is 0 Å². The second-order valence-electron chi connectivity index (χ2n) is 5.30. The van der Waals surface area contributed by atoms with Crippen molar-refractivity contribution in [2.75, 3.05) is 31.6 Å². The standard InChI is InChI=1S/C15H21N3O4/c1-3-22-15(19)16(2)12-8-10-17(11-9-12)13-4-6-14(7-5-13)18(20)21/h4-7,12H,3,8-11H2,1-2H3. The largest absolute Gasteiger partial charge is 0.450 e. The predicted molar refractivity (Wildman–Crippen MR) is 83.1 cm³/mol. The van der Waals surface area contributed by atoms with Crippen LogP contribution < -0.4 is 4.90 Å². The molecular formula is C15H21N3O4. The van der Waals surface area contributed by atoms with E-state index in [1.54, 1.807) is 31.0 Å². The van der Waals surface area contributed by atoms with Gasteiger partial charge in [0.2, 0.25) is 0 Å². The highest BCUT2D eigenvalue weighted by atomic mass is 16.6. The summed E-state index contributed by atoms with van der Waals surface area (Å²) in [5.74, 6) is 0. The Kier molecular flexibility index (Phi) is 5.19. The molecule has 1 aliphatic rings. The third kappa shape index (κ3) is 3.66. The van der Waals surface area contributed by atoms with Gasteiger partial charge in [-0.25, -0.2) is 4.79 Å². The van der Waals surface area contributed by atoms with Gasteiger partial charge in [-0.15, -0.1) is 0 Å². The zero-order valence-electron chi connectivity index (χ0n) is 12.9. The number of non-ortho nitro benzene ring substituents is 1. The van der Waals surface area contributed by atoms with Gasteiger partial charge in [-0.2, -0.15) is 0 Å². The quantitative estimate of drug-likeness (QED) is 0.631. The number of rotatable bonds is 4. The van der Waals surface area contributed by atoms with Crippen LogP contribution in [0.5, 0.6) is 0 Å². The number of nitro benzene ring substituents is 1. The lowest BCUT2D eigenvalue weighted by Crippen LogP contribution is -2.45. The number of nitrogens with zero attached hydrogens (tertiary/aromatic N) is 3. The molecule has 1 aromatic carbocycles. The molecule has 7 nitrogen and oxygen atoms in total. The van der Waals surface area contributed by atoms with Crippen molar-refractivity contribution in [1.29, 1.82) is 0 Å². The first-order chi connectivity index (χ1) is 10.5. The highest BCUT2D eigenvalue weighted by Gasteiger charge is 2.26. The molecule has 1 fully saturated rings. The molecule has 0 aliphatic carbocycles. The molecule has 0 unspecified atom stereocenters. The normalized spacial score (nSPS) is 15.5. The molecule has 0 bridgehead atoms. The first-order valence-electron chi connectivity index (χ1n) is 7.42. The maximum atomic E-state index is 11.7. The number of piperidine rings is 1. The van der Waals surface area contributed by atoms with Gasteiger partial charge in [0.15, 0.2) is 0 Å². The molecule has 0 atom stereocenters. The number of carbonyl (C=O) groups is 1. The number of ether oxygens (including phenoxy) is 1. The minimum atomic E-state index is -0.398. The van der Waals surface area contributed by atoms with Crippen LogP contribution in [0.15, 0.2) is 24.3 Å². The molecule has 22 heavy (non-hydrogen) atoms. The second-order valence-corrected chi connectivity index (χ2v) is 5.30. The summed E-state index contributed by atoms with van der Waals surface area (Å²) in [7, 11) is 1.77. The van der Waals surface area contributed by atoms with Gasteiger partial charge in [0.25, 0.3) is 5.69 Å². The highest BCUT2D eigenvalue weighted by Crippen LogP contribution is 2.24. The van der Waals surface area contributed by atoms with Crippen molar-refractivity contribution in [2.24, 2.45) is 0 Å². The zero-order chi connectivity index (χ0) is 16.1. The number of carbonyl (C=O) groups excluding carboxylic acids is 1. The molecule has 0 spiro atoms. The van der Waals surface area contributed by atoms with Crippen molar-refractivity contribution in [3.05, 3.63) is 34.4 Å². The summed E-state index contributed by atoms with van der Waals surface area (Å²) in [6.45, 7) is 3.80. The molecule has 2 rings (SSSR count). The van der Waals surface area contributed by atoms with Crippen molar-refractivity contribution < 1.29 is 14.5 Å². The van der Waals surface area contributed by atoms with Crippen molar-refractivity contribution in [2.45, 2.75) is 25.8 Å². The summed E-state index contributed by atoms with van der Waals surface area (Å²) < 4.78 is 5.01. The Morgan fingerprint density at radius 2 is 1.95 bits per heavy atom. The molecule has 0 aromatic heterocycles. The fraction of sp³-hybridized carbons (Fsp3) is 0.533. The highest BCUT2D eigenvalue weighted by molar-refractivity contribution is 5.67. The Labute approximate surface area is 129 Å². The summed E-state index contributed by atoms with van der Waals surface area (Å²) in [6, 6.07) is 6.76. The lowest BCUT2D eigenvalue weighted by molar-refractivity contribution is -0.384. The molecule has 1 aliphatic heterocycles. The maximum Gasteiger partial charge on any atom is 0.409 e. The Bertz CT molecular complexity index is 524. The van der Waals surface area contributed by atoms with Gasteiger partial charge in [-0.1, -0.05) is 0 Å². The minimum absolute atomic E-state index is 0.0979. The van der Waals surface area contributed by atoms with Gasteiger partial charge in [0, 0.05) is 44.0 Å². The molecular weight excluding hydrogens is 286 g/mol. The van der Waals surface area contributed by atoms with E-state index >= 15 is 0 Å². The smallest absolute Gasteiger partial charge is 0.409 e. The minimum Gasteiger partial charge on any atom is -0.450 e. The van der Waals surface area contributed by atoms with Crippen LogP contribution in [-0.4, -0.2) is 48.7 Å². The molecule has 7 heteroatoms. The molecule has 1 aromatic rings. The predicted octanol–water partition coefficient (Wildman–Crippen LogP) is 2.65. The summed E-state index contributed by atoms with van der Waals surface area (Å²) >= 11 is 0. The number of amides is 1. The summed E-state index contributed by atoms with van der Waals surface area (Å²) in [6.07, 6.45) is 1.43.